The molecule has 0 aromatic carbocycles. The highest BCUT2D eigenvalue weighted by Gasteiger charge is 2.26. The second-order valence-corrected chi connectivity index (χ2v) is 5.61. The third kappa shape index (κ3) is 3.46. The van der Waals surface area contributed by atoms with Gasteiger partial charge in [-0.05, 0) is 43.9 Å². The first-order valence-electron chi connectivity index (χ1n) is 6.60. The largest absolute Gasteiger partial charge is 0.393 e. The van der Waals surface area contributed by atoms with Crippen LogP contribution in [0.5, 0.6) is 0 Å². The Kier molecular flexibility index (Phi) is 4.04. The Hall–Kier alpha value is -0.0800. The Morgan fingerprint density at radius 1 is 0.733 bits per heavy atom. The molecule has 2 aliphatic rings. The van der Waals surface area contributed by atoms with Crippen LogP contribution in [-0.2, 0) is 0 Å². The van der Waals surface area contributed by atoms with E-state index in [9.17, 15) is 10.2 Å². The van der Waals surface area contributed by atoms with Crippen molar-refractivity contribution in [2.45, 2.75) is 70.0 Å². The van der Waals surface area contributed by atoms with E-state index in [-0.39, 0.29) is 12.2 Å². The fourth-order valence-corrected chi connectivity index (χ4v) is 3.42. The summed E-state index contributed by atoms with van der Waals surface area (Å²) in [4.78, 5) is 0. The Morgan fingerprint density at radius 3 is 1.60 bits per heavy atom. The Labute approximate surface area is 92.7 Å². The van der Waals surface area contributed by atoms with Gasteiger partial charge in [-0.3, -0.25) is 0 Å². The molecule has 0 amide bonds. The van der Waals surface area contributed by atoms with E-state index in [2.05, 4.69) is 0 Å². The molecule has 0 bridgehead atoms. The van der Waals surface area contributed by atoms with E-state index < -0.39 is 0 Å². The van der Waals surface area contributed by atoms with E-state index in [1.807, 2.05) is 0 Å². The fraction of sp³-hybridized carbons (Fsp3) is 1.00. The van der Waals surface area contributed by atoms with Gasteiger partial charge in [-0.1, -0.05) is 25.7 Å². The molecule has 0 saturated heterocycles. The molecule has 0 radical (unpaired) electrons. The van der Waals surface area contributed by atoms with Crippen molar-refractivity contribution in [2.24, 2.45) is 11.8 Å². The van der Waals surface area contributed by atoms with Crippen LogP contribution in [0.1, 0.15) is 57.8 Å². The standard InChI is InChI=1S/C13H24O2/c14-12-5-1-3-10(8-12)7-11-4-2-6-13(15)9-11/h10-15H,1-9H2. The van der Waals surface area contributed by atoms with Gasteiger partial charge in [0.2, 0.25) is 0 Å². The lowest BCUT2D eigenvalue weighted by molar-refractivity contribution is 0.0664. The third-order valence-electron chi connectivity index (χ3n) is 4.18. The van der Waals surface area contributed by atoms with E-state index in [0.717, 1.165) is 37.5 Å². The molecule has 4 atom stereocenters. The summed E-state index contributed by atoms with van der Waals surface area (Å²) < 4.78 is 0. The molecule has 2 rings (SSSR count). The summed E-state index contributed by atoms with van der Waals surface area (Å²) in [6, 6.07) is 0. The topological polar surface area (TPSA) is 40.5 Å². The van der Waals surface area contributed by atoms with Gasteiger partial charge < -0.3 is 10.2 Å². The van der Waals surface area contributed by atoms with E-state index in [0.29, 0.717) is 0 Å². The van der Waals surface area contributed by atoms with Crippen molar-refractivity contribution in [3.63, 3.8) is 0 Å². The molecule has 0 heterocycles. The third-order valence-corrected chi connectivity index (χ3v) is 4.18. The minimum absolute atomic E-state index is 0.0442. The zero-order valence-corrected chi connectivity index (χ0v) is 9.57. The molecule has 4 unspecified atom stereocenters. The van der Waals surface area contributed by atoms with Crippen LogP contribution in [-0.4, -0.2) is 22.4 Å². The van der Waals surface area contributed by atoms with Crippen LogP contribution in [0.3, 0.4) is 0 Å². The highest BCUT2D eigenvalue weighted by atomic mass is 16.3. The monoisotopic (exact) mass is 212 g/mol. The van der Waals surface area contributed by atoms with Crippen molar-refractivity contribution >= 4 is 0 Å². The Bertz CT molecular complexity index is 173. The van der Waals surface area contributed by atoms with Gasteiger partial charge in [-0.25, -0.2) is 0 Å². The van der Waals surface area contributed by atoms with Crippen molar-refractivity contribution in [1.29, 1.82) is 0 Å². The molecular weight excluding hydrogens is 188 g/mol. The lowest BCUT2D eigenvalue weighted by Gasteiger charge is -2.32. The molecule has 2 N–H and O–H groups in total. The second kappa shape index (κ2) is 5.31. The van der Waals surface area contributed by atoms with Crippen LogP contribution in [0, 0.1) is 11.8 Å². The Balaban J connectivity index is 1.75. The molecule has 88 valence electrons. The van der Waals surface area contributed by atoms with Gasteiger partial charge in [0.25, 0.3) is 0 Å². The SMILES string of the molecule is OC1CCCC(CC2CCCC(O)C2)C1. The quantitative estimate of drug-likeness (QED) is 0.738. The van der Waals surface area contributed by atoms with Crippen molar-refractivity contribution in [3.05, 3.63) is 0 Å². The number of aliphatic hydroxyl groups is 2. The molecule has 2 nitrogen and oxygen atoms in total. The molecule has 2 heteroatoms. The summed E-state index contributed by atoms with van der Waals surface area (Å²) in [5, 5.41) is 19.2. The van der Waals surface area contributed by atoms with Crippen LogP contribution < -0.4 is 0 Å². The maximum atomic E-state index is 9.61. The van der Waals surface area contributed by atoms with Crippen LogP contribution in [0.15, 0.2) is 0 Å². The summed E-state index contributed by atoms with van der Waals surface area (Å²) in [5.74, 6) is 1.45. The number of hydrogen-bond donors (Lipinski definition) is 2. The van der Waals surface area contributed by atoms with E-state index >= 15 is 0 Å². The summed E-state index contributed by atoms with van der Waals surface area (Å²) in [7, 11) is 0. The van der Waals surface area contributed by atoms with Crippen molar-refractivity contribution < 1.29 is 10.2 Å². The normalized spacial score (nSPS) is 42.8. The van der Waals surface area contributed by atoms with Gasteiger partial charge in [-0.15, -0.1) is 0 Å². The molecule has 0 aromatic heterocycles. The number of hydrogen-bond acceptors (Lipinski definition) is 2. The zero-order valence-electron chi connectivity index (χ0n) is 9.57. The average Bonchev–Trinajstić information content (AvgIpc) is 2.17. The molecular formula is C13H24O2. The average molecular weight is 212 g/mol. The fourth-order valence-electron chi connectivity index (χ4n) is 3.42. The van der Waals surface area contributed by atoms with Crippen LogP contribution in [0.2, 0.25) is 0 Å². The summed E-state index contributed by atoms with van der Waals surface area (Å²) in [6.07, 6.45) is 10.2. The smallest absolute Gasteiger partial charge is 0.0542 e. The second-order valence-electron chi connectivity index (χ2n) is 5.61. The maximum Gasteiger partial charge on any atom is 0.0542 e. The predicted octanol–water partition coefficient (Wildman–Crippen LogP) is 2.48. The van der Waals surface area contributed by atoms with E-state index in [1.165, 1.54) is 32.1 Å². The van der Waals surface area contributed by atoms with Gasteiger partial charge >= 0.3 is 0 Å². The first-order chi connectivity index (χ1) is 7.24. The van der Waals surface area contributed by atoms with Gasteiger partial charge in [-0.2, -0.15) is 0 Å². The Morgan fingerprint density at radius 2 is 1.20 bits per heavy atom. The minimum atomic E-state index is -0.0442. The predicted molar refractivity (Wildman–Crippen MR) is 60.5 cm³/mol. The van der Waals surface area contributed by atoms with E-state index in [1.54, 1.807) is 0 Å². The van der Waals surface area contributed by atoms with Gasteiger partial charge in [0.1, 0.15) is 0 Å². The molecule has 0 aromatic rings. The molecule has 2 aliphatic carbocycles. The zero-order chi connectivity index (χ0) is 10.7. The molecule has 15 heavy (non-hydrogen) atoms. The number of rotatable bonds is 2. The molecule has 0 spiro atoms. The first-order valence-corrected chi connectivity index (χ1v) is 6.60. The highest BCUT2D eigenvalue weighted by molar-refractivity contribution is 4.78. The van der Waals surface area contributed by atoms with Gasteiger partial charge in [0.05, 0.1) is 12.2 Å². The highest BCUT2D eigenvalue weighted by Crippen LogP contribution is 2.35. The van der Waals surface area contributed by atoms with Crippen LogP contribution >= 0.6 is 0 Å². The summed E-state index contributed by atoms with van der Waals surface area (Å²) in [6.45, 7) is 0. The molecule has 2 fully saturated rings. The first kappa shape index (κ1) is 11.4. The van der Waals surface area contributed by atoms with Crippen molar-refractivity contribution in [1.82, 2.24) is 0 Å². The van der Waals surface area contributed by atoms with Crippen LogP contribution in [0.4, 0.5) is 0 Å². The molecule has 0 aliphatic heterocycles. The van der Waals surface area contributed by atoms with Gasteiger partial charge in [0.15, 0.2) is 0 Å². The minimum Gasteiger partial charge on any atom is -0.393 e. The van der Waals surface area contributed by atoms with Gasteiger partial charge in [0, 0.05) is 0 Å². The van der Waals surface area contributed by atoms with Crippen LogP contribution in [0.25, 0.3) is 0 Å². The van der Waals surface area contributed by atoms with Crippen molar-refractivity contribution in [3.8, 4) is 0 Å². The van der Waals surface area contributed by atoms with Crippen molar-refractivity contribution in [2.75, 3.05) is 0 Å². The molecule has 2 saturated carbocycles. The summed E-state index contributed by atoms with van der Waals surface area (Å²) in [5.41, 5.74) is 0. The number of aliphatic hydroxyl groups excluding tert-OH is 2. The lowest BCUT2D eigenvalue weighted by atomic mass is 9.76. The maximum absolute atomic E-state index is 9.61. The summed E-state index contributed by atoms with van der Waals surface area (Å²) >= 11 is 0. The van der Waals surface area contributed by atoms with E-state index in [4.69, 9.17) is 0 Å². The lowest BCUT2D eigenvalue weighted by Crippen LogP contribution is -2.25.